The second-order valence-corrected chi connectivity index (χ2v) is 8.99. The Morgan fingerprint density at radius 3 is 2.58 bits per heavy atom. The number of rotatable bonds is 13. The van der Waals surface area contributed by atoms with E-state index < -0.39 is 0 Å². The van der Waals surface area contributed by atoms with E-state index in [4.69, 9.17) is 19.7 Å². The van der Waals surface area contributed by atoms with Crippen molar-refractivity contribution in [1.82, 2.24) is 4.90 Å². The molecule has 36 heavy (non-hydrogen) atoms. The molecule has 0 saturated carbocycles. The van der Waals surface area contributed by atoms with Crippen molar-refractivity contribution in [3.8, 4) is 17.2 Å². The van der Waals surface area contributed by atoms with Crippen LogP contribution in [0.25, 0.3) is 10.4 Å². The molecule has 3 rings (SSSR count). The van der Waals surface area contributed by atoms with E-state index >= 15 is 0 Å². The van der Waals surface area contributed by atoms with Gasteiger partial charge in [-0.15, -0.1) is 0 Å². The molecule has 2 amide bonds. The van der Waals surface area contributed by atoms with E-state index in [-0.39, 0.29) is 11.9 Å². The normalized spacial score (nSPS) is 14.3. The molecule has 1 heterocycles. The predicted octanol–water partition coefficient (Wildman–Crippen LogP) is 6.52. The van der Waals surface area contributed by atoms with Gasteiger partial charge in [-0.25, -0.2) is 4.79 Å². The van der Waals surface area contributed by atoms with Gasteiger partial charge in [0.05, 0.1) is 27.4 Å². The van der Waals surface area contributed by atoms with Crippen LogP contribution in [0, 0.1) is 0 Å². The number of hydrogen-bond donors (Lipinski definition) is 0. The molecular formula is C27H37N5O4. The summed E-state index contributed by atoms with van der Waals surface area (Å²) in [6.07, 6.45) is 4.07. The number of hydrogen-bond acceptors (Lipinski definition) is 5. The lowest BCUT2D eigenvalue weighted by atomic mass is 9.99. The number of amides is 2. The van der Waals surface area contributed by atoms with E-state index in [0.29, 0.717) is 44.3 Å². The van der Waals surface area contributed by atoms with E-state index in [9.17, 15) is 4.79 Å². The summed E-state index contributed by atoms with van der Waals surface area (Å²) in [4.78, 5) is 20.0. The topological polar surface area (TPSA) is 100 Å². The van der Waals surface area contributed by atoms with Crippen LogP contribution in [0.5, 0.6) is 17.2 Å². The Bertz CT molecular complexity index is 1070. The fourth-order valence-electron chi connectivity index (χ4n) is 4.32. The molecule has 0 spiro atoms. The number of ether oxygens (including phenoxy) is 3. The van der Waals surface area contributed by atoms with Gasteiger partial charge in [0.25, 0.3) is 0 Å². The quantitative estimate of drug-likeness (QED) is 0.137. The molecule has 1 aliphatic heterocycles. The Hall–Kier alpha value is -3.58. The second kappa shape index (κ2) is 13.5. The Balaban J connectivity index is 1.75. The number of methoxy groups -OCH3 is 2. The summed E-state index contributed by atoms with van der Waals surface area (Å²) in [6, 6.07) is 11.6. The van der Waals surface area contributed by atoms with Crippen molar-refractivity contribution in [2.75, 3.05) is 45.4 Å². The minimum Gasteiger partial charge on any atom is -0.496 e. The lowest BCUT2D eigenvalue weighted by Crippen LogP contribution is -2.49. The van der Waals surface area contributed by atoms with Gasteiger partial charge in [-0.05, 0) is 48.1 Å². The maximum atomic E-state index is 13.5. The zero-order valence-electron chi connectivity index (χ0n) is 21.8. The van der Waals surface area contributed by atoms with E-state index in [1.54, 1.807) is 19.1 Å². The molecule has 1 fully saturated rings. The van der Waals surface area contributed by atoms with Crippen molar-refractivity contribution in [2.45, 2.75) is 52.0 Å². The Kier molecular flexibility index (Phi) is 10.1. The molecule has 194 valence electrons. The summed E-state index contributed by atoms with van der Waals surface area (Å²) in [5, 5.41) is 3.67. The van der Waals surface area contributed by atoms with Crippen molar-refractivity contribution in [3.05, 3.63) is 58.0 Å². The van der Waals surface area contributed by atoms with Gasteiger partial charge < -0.3 is 19.1 Å². The average Bonchev–Trinajstić information content (AvgIpc) is 2.91. The van der Waals surface area contributed by atoms with E-state index in [2.05, 4.69) is 16.9 Å². The smallest absolute Gasteiger partial charge is 0.324 e. The first-order valence-corrected chi connectivity index (χ1v) is 12.6. The van der Waals surface area contributed by atoms with Gasteiger partial charge in [-0.3, -0.25) is 4.90 Å². The number of nitrogens with zero attached hydrogens (tertiary/aromatic N) is 5. The van der Waals surface area contributed by atoms with Gasteiger partial charge in [0.2, 0.25) is 0 Å². The maximum Gasteiger partial charge on any atom is 0.324 e. The zero-order chi connectivity index (χ0) is 25.9. The number of azide groups is 1. The average molecular weight is 496 g/mol. The standard InChI is InChI=1S/C27H37N5O4/c1-5-6-7-15-36-26-17-23(11-12-24(26)34-3)32-14-8-13-31(27(32)33)19-22-10-9-21(16-25(22)35-4)20(2)18-29-30-28/h9-12,16-17,20H,5-8,13-15,18-19H2,1-4H3. The van der Waals surface area contributed by atoms with Gasteiger partial charge in [0.1, 0.15) is 5.75 Å². The van der Waals surface area contributed by atoms with Gasteiger partial charge in [0.15, 0.2) is 11.5 Å². The molecule has 0 radical (unpaired) electrons. The molecular weight excluding hydrogens is 458 g/mol. The van der Waals surface area contributed by atoms with Crippen LogP contribution in [-0.4, -0.2) is 51.4 Å². The highest BCUT2D eigenvalue weighted by Crippen LogP contribution is 2.34. The first-order valence-electron chi connectivity index (χ1n) is 12.6. The molecule has 1 unspecified atom stereocenters. The second-order valence-electron chi connectivity index (χ2n) is 8.99. The maximum absolute atomic E-state index is 13.5. The Labute approximate surface area is 213 Å². The number of urea groups is 1. The van der Waals surface area contributed by atoms with Gasteiger partial charge in [0, 0.05) is 41.9 Å². The fourth-order valence-corrected chi connectivity index (χ4v) is 4.32. The highest BCUT2D eigenvalue weighted by molar-refractivity contribution is 5.93. The Morgan fingerprint density at radius 1 is 1.06 bits per heavy atom. The van der Waals surface area contributed by atoms with Crippen molar-refractivity contribution < 1.29 is 19.0 Å². The number of carbonyl (C=O) groups excluding carboxylic acids is 1. The summed E-state index contributed by atoms with van der Waals surface area (Å²) in [6.45, 7) is 6.92. The van der Waals surface area contributed by atoms with E-state index in [1.165, 1.54) is 0 Å². The van der Waals surface area contributed by atoms with Gasteiger partial charge >= 0.3 is 6.03 Å². The third kappa shape index (κ3) is 6.76. The zero-order valence-corrected chi connectivity index (χ0v) is 21.8. The third-order valence-corrected chi connectivity index (χ3v) is 6.44. The fraction of sp³-hybridized carbons (Fsp3) is 0.519. The van der Waals surface area contributed by atoms with E-state index in [0.717, 1.165) is 48.2 Å². The largest absolute Gasteiger partial charge is 0.496 e. The molecule has 0 bridgehead atoms. The number of benzene rings is 2. The number of carbonyl (C=O) groups is 1. The van der Waals surface area contributed by atoms with Gasteiger partial charge in [-0.2, -0.15) is 0 Å². The van der Waals surface area contributed by atoms with Crippen molar-refractivity contribution in [2.24, 2.45) is 5.11 Å². The minimum absolute atomic E-state index is 0.0498. The highest BCUT2D eigenvalue weighted by atomic mass is 16.5. The number of anilines is 1. The first-order chi connectivity index (χ1) is 17.5. The molecule has 9 heteroatoms. The van der Waals surface area contributed by atoms with Crippen LogP contribution in [0.1, 0.15) is 56.6 Å². The first kappa shape index (κ1) is 27.0. The molecule has 2 aromatic carbocycles. The molecule has 0 N–H and O–H groups in total. The summed E-state index contributed by atoms with van der Waals surface area (Å²) in [5.74, 6) is 2.11. The monoisotopic (exact) mass is 495 g/mol. The van der Waals surface area contributed by atoms with Crippen molar-refractivity contribution >= 4 is 11.7 Å². The highest BCUT2D eigenvalue weighted by Gasteiger charge is 2.28. The molecule has 0 aliphatic carbocycles. The lowest BCUT2D eigenvalue weighted by Gasteiger charge is -2.36. The van der Waals surface area contributed by atoms with Crippen LogP contribution in [0.4, 0.5) is 10.5 Å². The minimum atomic E-state index is -0.0498. The SMILES string of the molecule is CCCCCOc1cc(N2CCCN(Cc3ccc(C(C)CN=[N+]=[N-])cc3OC)C2=O)ccc1OC. The van der Waals surface area contributed by atoms with Crippen LogP contribution >= 0.6 is 0 Å². The predicted molar refractivity (Wildman–Crippen MR) is 141 cm³/mol. The van der Waals surface area contributed by atoms with E-state index in [1.807, 2.05) is 48.2 Å². The van der Waals surface area contributed by atoms with Crippen LogP contribution in [0.15, 0.2) is 41.5 Å². The van der Waals surface area contributed by atoms with Crippen molar-refractivity contribution in [3.63, 3.8) is 0 Å². The van der Waals surface area contributed by atoms with Crippen LogP contribution in [0.3, 0.4) is 0 Å². The number of unbranched alkanes of at least 4 members (excludes halogenated alkanes) is 2. The van der Waals surface area contributed by atoms with Gasteiger partial charge in [-0.1, -0.05) is 43.9 Å². The molecule has 1 aliphatic rings. The lowest BCUT2D eigenvalue weighted by molar-refractivity contribution is 0.191. The third-order valence-electron chi connectivity index (χ3n) is 6.44. The van der Waals surface area contributed by atoms with Crippen LogP contribution < -0.4 is 19.1 Å². The summed E-state index contributed by atoms with van der Waals surface area (Å²) in [7, 11) is 3.25. The molecule has 1 saturated heterocycles. The summed E-state index contributed by atoms with van der Waals surface area (Å²) in [5.41, 5.74) is 11.4. The summed E-state index contributed by atoms with van der Waals surface area (Å²) >= 11 is 0. The molecule has 2 aromatic rings. The van der Waals surface area contributed by atoms with Crippen molar-refractivity contribution in [1.29, 1.82) is 0 Å². The molecule has 0 aromatic heterocycles. The van der Waals surface area contributed by atoms with Crippen LogP contribution in [-0.2, 0) is 6.54 Å². The molecule has 9 nitrogen and oxygen atoms in total. The summed E-state index contributed by atoms with van der Waals surface area (Å²) < 4.78 is 17.1. The molecule has 1 atom stereocenters. The van der Waals surface area contributed by atoms with Crippen LogP contribution in [0.2, 0.25) is 0 Å². The Morgan fingerprint density at radius 2 is 1.86 bits per heavy atom.